The molecule has 2 unspecified atom stereocenters. The van der Waals surface area contributed by atoms with Gasteiger partial charge in [-0.1, -0.05) is 18.3 Å². The predicted octanol–water partition coefficient (Wildman–Crippen LogP) is 0.0646. The smallest absolute Gasteiger partial charge is 0.310 e. The summed E-state index contributed by atoms with van der Waals surface area (Å²) in [5.41, 5.74) is 2.47. The molecule has 2 rings (SSSR count). The molecule has 2 heterocycles. The van der Waals surface area contributed by atoms with Crippen LogP contribution in [0, 0.1) is 11.8 Å². The number of rotatable bonds is 4. The van der Waals surface area contributed by atoms with E-state index in [4.69, 9.17) is 10.6 Å². The number of hydrogen-bond donors (Lipinski definition) is 2. The minimum absolute atomic E-state index is 0.0463. The minimum atomic E-state index is -0.133. The van der Waals surface area contributed by atoms with Crippen molar-refractivity contribution in [2.75, 3.05) is 25.6 Å². The van der Waals surface area contributed by atoms with Gasteiger partial charge >= 0.3 is 5.97 Å². The van der Waals surface area contributed by atoms with Gasteiger partial charge in [-0.3, -0.25) is 15.1 Å². The fourth-order valence-corrected chi connectivity index (χ4v) is 2.91. The van der Waals surface area contributed by atoms with Crippen LogP contribution in [0.4, 0.5) is 5.13 Å². The first kappa shape index (κ1) is 13.2. The minimum Gasteiger partial charge on any atom is -0.469 e. The summed E-state index contributed by atoms with van der Waals surface area (Å²) in [6, 6.07) is 0. The lowest BCUT2D eigenvalue weighted by Gasteiger charge is -2.12. The molecule has 1 aromatic heterocycles. The van der Waals surface area contributed by atoms with E-state index in [0.29, 0.717) is 24.1 Å². The third-order valence-electron chi connectivity index (χ3n) is 3.14. The van der Waals surface area contributed by atoms with Crippen molar-refractivity contribution in [1.82, 2.24) is 15.1 Å². The van der Waals surface area contributed by atoms with E-state index >= 15 is 0 Å². The topological polar surface area (TPSA) is 93.4 Å². The largest absolute Gasteiger partial charge is 0.469 e. The zero-order valence-corrected chi connectivity index (χ0v) is 11.2. The maximum atomic E-state index is 11.6. The van der Waals surface area contributed by atoms with Crippen LogP contribution in [-0.2, 0) is 16.1 Å². The lowest BCUT2D eigenvalue weighted by Crippen LogP contribution is -2.24. The Labute approximate surface area is 109 Å². The zero-order valence-electron chi connectivity index (χ0n) is 10.4. The molecule has 7 nitrogen and oxygen atoms in total. The van der Waals surface area contributed by atoms with E-state index < -0.39 is 0 Å². The molecule has 0 aromatic carbocycles. The highest BCUT2D eigenvalue weighted by Crippen LogP contribution is 2.26. The summed E-state index contributed by atoms with van der Waals surface area (Å²) in [5, 5.41) is 9.40. The van der Waals surface area contributed by atoms with E-state index in [-0.39, 0.29) is 11.9 Å². The van der Waals surface area contributed by atoms with Gasteiger partial charge in [-0.15, -0.1) is 10.2 Å². The van der Waals surface area contributed by atoms with Crippen LogP contribution in [0.3, 0.4) is 0 Å². The third kappa shape index (κ3) is 2.77. The number of methoxy groups -OCH3 is 1. The SMILES string of the molecule is COC(=O)C1CN(Cc2nnc(NN)s2)CC1C. The molecule has 0 radical (unpaired) electrons. The van der Waals surface area contributed by atoms with Gasteiger partial charge in [0.25, 0.3) is 0 Å². The van der Waals surface area contributed by atoms with Gasteiger partial charge in [-0.25, -0.2) is 5.84 Å². The number of nitrogen functional groups attached to an aromatic ring is 1. The molecule has 1 aliphatic heterocycles. The highest BCUT2D eigenvalue weighted by atomic mass is 32.1. The average Bonchev–Trinajstić information content (AvgIpc) is 2.95. The van der Waals surface area contributed by atoms with Crippen LogP contribution < -0.4 is 11.3 Å². The van der Waals surface area contributed by atoms with Crippen LogP contribution in [0.25, 0.3) is 0 Å². The number of esters is 1. The molecule has 0 saturated carbocycles. The maximum absolute atomic E-state index is 11.6. The van der Waals surface area contributed by atoms with Gasteiger partial charge in [-0.05, 0) is 5.92 Å². The van der Waals surface area contributed by atoms with Gasteiger partial charge in [0.1, 0.15) is 5.01 Å². The van der Waals surface area contributed by atoms with Crippen molar-refractivity contribution >= 4 is 22.4 Å². The maximum Gasteiger partial charge on any atom is 0.310 e. The van der Waals surface area contributed by atoms with Crippen LogP contribution >= 0.6 is 11.3 Å². The number of aromatic nitrogens is 2. The lowest BCUT2D eigenvalue weighted by molar-refractivity contribution is -0.146. The monoisotopic (exact) mass is 271 g/mol. The average molecular weight is 271 g/mol. The number of ether oxygens (including phenoxy) is 1. The molecule has 1 saturated heterocycles. The Morgan fingerprint density at radius 3 is 3.00 bits per heavy atom. The van der Waals surface area contributed by atoms with Crippen molar-refractivity contribution in [2.45, 2.75) is 13.5 Å². The molecular formula is C10H17N5O2S. The van der Waals surface area contributed by atoms with Crippen molar-refractivity contribution in [3.8, 4) is 0 Å². The van der Waals surface area contributed by atoms with E-state index in [1.165, 1.54) is 18.4 Å². The number of hydrogen-bond acceptors (Lipinski definition) is 8. The number of carbonyl (C=O) groups excluding carboxylic acids is 1. The lowest BCUT2D eigenvalue weighted by atomic mass is 9.99. The zero-order chi connectivity index (χ0) is 13.1. The summed E-state index contributed by atoms with van der Waals surface area (Å²) in [5.74, 6) is 5.38. The molecule has 100 valence electrons. The predicted molar refractivity (Wildman–Crippen MR) is 67.7 cm³/mol. The number of nitrogens with zero attached hydrogens (tertiary/aromatic N) is 3. The van der Waals surface area contributed by atoms with Gasteiger partial charge in [-0.2, -0.15) is 0 Å². The molecule has 1 aromatic rings. The molecule has 0 aliphatic carbocycles. The van der Waals surface area contributed by atoms with E-state index in [1.807, 2.05) is 0 Å². The highest BCUT2D eigenvalue weighted by Gasteiger charge is 2.35. The summed E-state index contributed by atoms with van der Waals surface area (Å²) in [6.45, 7) is 4.33. The molecule has 18 heavy (non-hydrogen) atoms. The summed E-state index contributed by atoms with van der Waals surface area (Å²) < 4.78 is 4.81. The first-order chi connectivity index (χ1) is 8.63. The Morgan fingerprint density at radius 1 is 1.61 bits per heavy atom. The fraction of sp³-hybridized carbons (Fsp3) is 0.700. The third-order valence-corrected chi connectivity index (χ3v) is 3.98. The fourth-order valence-electron chi connectivity index (χ4n) is 2.22. The molecule has 1 aliphatic rings. The number of hydrazine groups is 1. The van der Waals surface area contributed by atoms with E-state index in [1.54, 1.807) is 0 Å². The van der Waals surface area contributed by atoms with Crippen LogP contribution in [0.5, 0.6) is 0 Å². The Hall–Kier alpha value is -1.25. The number of nitrogens with one attached hydrogen (secondary N) is 1. The molecule has 1 fully saturated rings. The summed E-state index contributed by atoms with van der Waals surface area (Å²) >= 11 is 1.42. The van der Waals surface area contributed by atoms with Gasteiger partial charge in [0.15, 0.2) is 0 Å². The number of likely N-dealkylation sites (tertiary alicyclic amines) is 1. The molecular weight excluding hydrogens is 254 g/mol. The first-order valence-corrected chi connectivity index (χ1v) is 6.55. The quantitative estimate of drug-likeness (QED) is 0.454. The number of nitrogens with two attached hydrogens (primary N) is 1. The summed E-state index contributed by atoms with van der Waals surface area (Å²) in [4.78, 5) is 13.8. The van der Waals surface area contributed by atoms with Crippen LogP contribution in [0.2, 0.25) is 0 Å². The Bertz CT molecular complexity index is 424. The molecule has 0 bridgehead atoms. The second kappa shape index (κ2) is 5.59. The van der Waals surface area contributed by atoms with E-state index in [9.17, 15) is 4.79 Å². The van der Waals surface area contributed by atoms with Crippen molar-refractivity contribution in [2.24, 2.45) is 17.7 Å². The normalized spacial score (nSPS) is 24.2. The van der Waals surface area contributed by atoms with Gasteiger partial charge in [0.2, 0.25) is 5.13 Å². The van der Waals surface area contributed by atoms with Gasteiger partial charge < -0.3 is 4.74 Å². The molecule has 0 amide bonds. The van der Waals surface area contributed by atoms with Crippen molar-refractivity contribution < 1.29 is 9.53 Å². The van der Waals surface area contributed by atoms with Crippen molar-refractivity contribution in [3.63, 3.8) is 0 Å². The Morgan fingerprint density at radius 2 is 2.39 bits per heavy atom. The van der Waals surface area contributed by atoms with Crippen molar-refractivity contribution in [1.29, 1.82) is 0 Å². The number of anilines is 1. The molecule has 2 atom stereocenters. The second-order valence-corrected chi connectivity index (χ2v) is 5.51. The molecule has 3 N–H and O–H groups in total. The summed E-state index contributed by atoms with van der Waals surface area (Å²) in [6.07, 6.45) is 0. The van der Waals surface area contributed by atoms with Crippen molar-refractivity contribution in [3.05, 3.63) is 5.01 Å². The standard InChI is InChI=1S/C10H17N5O2S/c1-6-3-15(4-7(6)9(16)17-2)5-8-13-14-10(12-11)18-8/h6-7H,3-5,11H2,1-2H3,(H,12,14). The Kier molecular flexibility index (Phi) is 4.10. The highest BCUT2D eigenvalue weighted by molar-refractivity contribution is 7.15. The van der Waals surface area contributed by atoms with Gasteiger partial charge in [0, 0.05) is 13.1 Å². The van der Waals surface area contributed by atoms with Crippen LogP contribution in [0.1, 0.15) is 11.9 Å². The molecule has 8 heteroatoms. The van der Waals surface area contributed by atoms with E-state index in [0.717, 1.165) is 11.6 Å². The van der Waals surface area contributed by atoms with Crippen LogP contribution in [0.15, 0.2) is 0 Å². The number of carbonyl (C=O) groups is 1. The molecule has 0 spiro atoms. The van der Waals surface area contributed by atoms with Gasteiger partial charge in [0.05, 0.1) is 19.6 Å². The summed E-state index contributed by atoms with van der Waals surface area (Å²) in [7, 11) is 1.43. The van der Waals surface area contributed by atoms with Crippen LogP contribution in [-0.4, -0.2) is 41.3 Å². The Balaban J connectivity index is 1.94. The second-order valence-electron chi connectivity index (χ2n) is 4.45. The first-order valence-electron chi connectivity index (χ1n) is 5.73. The van der Waals surface area contributed by atoms with E-state index in [2.05, 4.69) is 27.4 Å².